The van der Waals surface area contributed by atoms with Crippen molar-refractivity contribution in [3.63, 3.8) is 0 Å². The summed E-state index contributed by atoms with van der Waals surface area (Å²) in [6, 6.07) is 0. The van der Waals surface area contributed by atoms with Crippen LogP contribution in [0.25, 0.3) is 6.15 Å². The van der Waals surface area contributed by atoms with Gasteiger partial charge in [0.05, 0.1) is 0 Å². The van der Waals surface area contributed by atoms with E-state index in [0.717, 1.165) is 0 Å². The summed E-state index contributed by atoms with van der Waals surface area (Å²) in [6.45, 7) is 1.32. The van der Waals surface area contributed by atoms with Gasteiger partial charge in [0.1, 0.15) is 0 Å². The SMILES string of the molecule is C.C.C[C-]=O.[CH3-].[CH3-].[NH2-].[W+2].[W+2]. The quantitative estimate of drug-likeness (QED) is 0.484. The van der Waals surface area contributed by atoms with Gasteiger partial charge in [0, 0.05) is 0 Å². The first-order chi connectivity index (χ1) is 1.41. The minimum absolute atomic E-state index is 0. The largest absolute Gasteiger partial charge is 2.00 e. The Hall–Kier alpha value is 1.01. The van der Waals surface area contributed by atoms with Crippen LogP contribution in [0.5, 0.6) is 0 Å². The molecule has 0 spiro atoms. The Morgan fingerprint density at radius 3 is 1.00 bits per heavy atom. The van der Waals surface area contributed by atoms with E-state index in [1.165, 1.54) is 13.2 Å². The maximum atomic E-state index is 8.68. The topological polar surface area (TPSA) is 50.6 Å². The van der Waals surface area contributed by atoms with E-state index in [1.807, 2.05) is 0 Å². The number of hydrogen-bond donors (Lipinski definition) is 0. The van der Waals surface area contributed by atoms with Crippen LogP contribution in [0.2, 0.25) is 0 Å². The van der Waals surface area contributed by atoms with Gasteiger partial charge in [0.2, 0.25) is 0 Å². The van der Waals surface area contributed by atoms with Crippen LogP contribution in [-0.4, -0.2) is 6.29 Å². The van der Waals surface area contributed by atoms with Crippen LogP contribution in [0.1, 0.15) is 21.8 Å². The van der Waals surface area contributed by atoms with E-state index in [2.05, 4.69) is 0 Å². The molecule has 0 radical (unpaired) electrons. The molecule has 10 heavy (non-hydrogen) atoms. The number of rotatable bonds is 0. The van der Waals surface area contributed by atoms with Crippen LogP contribution >= 0.6 is 0 Å². The summed E-state index contributed by atoms with van der Waals surface area (Å²) in [5, 5.41) is 0. The Labute approximate surface area is 95.7 Å². The van der Waals surface area contributed by atoms with Gasteiger partial charge in [-0.25, -0.2) is 0 Å². The molecule has 2 N–H and O–H groups in total. The molecular weight excluding hydrogens is 470 g/mol. The summed E-state index contributed by atoms with van der Waals surface area (Å²) in [5.41, 5.74) is 0. The summed E-state index contributed by atoms with van der Waals surface area (Å²) in [6.07, 6.45) is 1.50. The summed E-state index contributed by atoms with van der Waals surface area (Å²) in [5.74, 6) is 0. The summed E-state index contributed by atoms with van der Waals surface area (Å²) in [4.78, 5) is 8.68. The molecule has 0 saturated heterocycles. The molecule has 0 heterocycles. The third-order valence-electron chi connectivity index (χ3n) is 0. The molecular formula is C6H19NOW2. The predicted octanol–water partition coefficient (Wildman–Crippen LogP) is 3.00. The molecule has 0 saturated carbocycles. The predicted molar refractivity (Wildman–Crippen MR) is 42.9 cm³/mol. The van der Waals surface area contributed by atoms with Gasteiger partial charge in [-0.05, 0) is 0 Å². The van der Waals surface area contributed by atoms with E-state index >= 15 is 0 Å². The Bertz CT molecular complexity index is 23.2. The number of hydrogen-bond acceptors (Lipinski definition) is 1. The Morgan fingerprint density at radius 2 is 1.00 bits per heavy atom. The molecule has 0 aliphatic rings. The van der Waals surface area contributed by atoms with Crippen molar-refractivity contribution in [1.82, 2.24) is 0 Å². The van der Waals surface area contributed by atoms with Gasteiger partial charge in [-0.1, -0.05) is 14.9 Å². The Balaban J connectivity index is -0.000000000952. The number of nitrogens with two attached hydrogens (primary N) is 1. The van der Waals surface area contributed by atoms with E-state index in [4.69, 9.17) is 4.79 Å². The Kier molecular flexibility index (Phi) is 2460. The first-order valence-electron chi connectivity index (χ1n) is 0.704. The van der Waals surface area contributed by atoms with Crippen molar-refractivity contribution in [2.45, 2.75) is 21.8 Å². The zero-order valence-corrected chi connectivity index (χ0v) is 11.2. The van der Waals surface area contributed by atoms with Crippen molar-refractivity contribution >= 4 is 6.29 Å². The van der Waals surface area contributed by atoms with Crippen molar-refractivity contribution in [2.75, 3.05) is 0 Å². The molecule has 4 heteroatoms. The Morgan fingerprint density at radius 1 is 1.00 bits per heavy atom. The van der Waals surface area contributed by atoms with E-state index in [9.17, 15) is 0 Å². The summed E-state index contributed by atoms with van der Waals surface area (Å²) >= 11 is 0. The molecule has 0 amide bonds. The molecule has 66 valence electrons. The molecule has 0 rings (SSSR count). The van der Waals surface area contributed by atoms with Crippen LogP contribution in [0.4, 0.5) is 0 Å². The normalized spacial score (nSPS) is 1.30. The fourth-order valence-corrected chi connectivity index (χ4v) is 0. The monoisotopic (exact) mass is 489 g/mol. The number of carbonyl (C=O) groups excluding carboxylic acids is 1. The molecule has 0 bridgehead atoms. The van der Waals surface area contributed by atoms with Gasteiger partial charge in [0.25, 0.3) is 0 Å². The van der Waals surface area contributed by atoms with E-state index < -0.39 is 0 Å². The first kappa shape index (κ1) is 122. The average molecular weight is 489 g/mol. The van der Waals surface area contributed by atoms with Crippen LogP contribution in [0.15, 0.2) is 0 Å². The molecule has 0 aromatic heterocycles. The van der Waals surface area contributed by atoms with Crippen LogP contribution in [-0.2, 0) is 46.9 Å². The minimum Gasteiger partial charge on any atom is -0.693 e. The van der Waals surface area contributed by atoms with Crippen LogP contribution in [0, 0.1) is 14.9 Å². The maximum Gasteiger partial charge on any atom is 2.00 e. The van der Waals surface area contributed by atoms with E-state index in [1.54, 1.807) is 0 Å². The zero-order valence-electron chi connectivity index (χ0n) is 5.30. The van der Waals surface area contributed by atoms with E-state index in [0.29, 0.717) is 0 Å². The molecule has 2 nitrogen and oxygen atoms in total. The second-order valence-corrected chi connectivity index (χ2v) is 0.204. The standard InChI is InChI=1S/C2H3O.2CH4.2CH3.H2N.2W/c1-2-3;;;;;;;/h1H3;2*1H4;2*1H3;1H2;;/q-1;;;3*-1;2*+2. The third-order valence-corrected chi connectivity index (χ3v) is 0. The third kappa shape index (κ3) is 570. The van der Waals surface area contributed by atoms with Gasteiger partial charge in [0.15, 0.2) is 0 Å². The smallest absolute Gasteiger partial charge is 0.693 e. The van der Waals surface area contributed by atoms with Gasteiger partial charge in [-0.15, -0.1) is 0 Å². The summed E-state index contributed by atoms with van der Waals surface area (Å²) < 4.78 is 0. The van der Waals surface area contributed by atoms with E-state index in [-0.39, 0.29) is 78.0 Å². The van der Waals surface area contributed by atoms with Crippen molar-refractivity contribution in [3.8, 4) is 0 Å². The summed E-state index contributed by atoms with van der Waals surface area (Å²) in [7, 11) is 0. The van der Waals surface area contributed by atoms with Gasteiger partial charge in [-0.2, -0.15) is 6.92 Å². The molecule has 0 aliphatic heterocycles. The van der Waals surface area contributed by atoms with Crippen LogP contribution < -0.4 is 0 Å². The molecule has 0 aromatic rings. The van der Waals surface area contributed by atoms with Crippen molar-refractivity contribution in [3.05, 3.63) is 21.0 Å². The molecule has 0 aromatic carbocycles. The second kappa shape index (κ2) is 202. The minimum atomic E-state index is 0. The fourth-order valence-electron chi connectivity index (χ4n) is 0. The molecule has 0 unspecified atom stereocenters. The second-order valence-electron chi connectivity index (χ2n) is 0.204. The first-order valence-corrected chi connectivity index (χ1v) is 0.704. The maximum absolute atomic E-state index is 8.68. The average Bonchev–Trinajstić information content (AvgIpc) is 0.918. The molecule has 0 aliphatic carbocycles. The van der Waals surface area contributed by atoms with Gasteiger partial charge < -0.3 is 25.8 Å². The van der Waals surface area contributed by atoms with Crippen molar-refractivity contribution in [1.29, 1.82) is 0 Å². The molecule has 0 atom stereocenters. The fraction of sp³-hybridized carbons (Fsp3) is 0.500. The van der Waals surface area contributed by atoms with Crippen LogP contribution in [0.3, 0.4) is 0 Å². The van der Waals surface area contributed by atoms with Crippen molar-refractivity contribution < 1.29 is 46.9 Å². The van der Waals surface area contributed by atoms with Crippen molar-refractivity contribution in [2.24, 2.45) is 0 Å². The zero-order chi connectivity index (χ0) is 2.71. The van der Waals surface area contributed by atoms with Gasteiger partial charge >= 0.3 is 42.1 Å². The van der Waals surface area contributed by atoms with Gasteiger partial charge in [-0.3, -0.25) is 6.29 Å². The molecule has 0 fully saturated rings.